The van der Waals surface area contributed by atoms with Crippen molar-refractivity contribution in [1.29, 1.82) is 0 Å². The minimum Gasteiger partial charge on any atom is -0.448 e. The number of alkyl halides is 3. The minimum absolute atomic E-state index is 0.0214. The molecular weight excluding hydrogens is 445 g/mol. The Morgan fingerprint density at radius 2 is 1.89 bits per heavy atom. The van der Waals surface area contributed by atoms with E-state index in [0.717, 1.165) is 6.07 Å². The molecule has 0 N–H and O–H groups in total. The zero-order valence-corrected chi connectivity index (χ0v) is 15.9. The Kier molecular flexibility index (Phi) is 5.46. The van der Waals surface area contributed by atoms with Crippen molar-refractivity contribution in [2.24, 2.45) is 0 Å². The minimum atomic E-state index is -4.99. The molecule has 3 rings (SSSR count). The second-order valence-corrected chi connectivity index (χ2v) is 6.46. The third kappa shape index (κ3) is 4.04. The van der Waals surface area contributed by atoms with Crippen molar-refractivity contribution in [3.05, 3.63) is 62.9 Å². The first-order chi connectivity index (χ1) is 13.2. The van der Waals surface area contributed by atoms with E-state index in [1.165, 1.54) is 18.2 Å². The summed E-state index contributed by atoms with van der Waals surface area (Å²) in [6, 6.07) is 9.71. The molecule has 3 aromatic rings. The van der Waals surface area contributed by atoms with Crippen LogP contribution in [0.4, 0.5) is 13.2 Å². The number of fused-ring (bicyclic) bond motifs is 1. The summed E-state index contributed by atoms with van der Waals surface area (Å²) in [5, 5.41) is -0.147. The lowest BCUT2D eigenvalue weighted by molar-refractivity contribution is -0.154. The van der Waals surface area contributed by atoms with Gasteiger partial charge in [-0.15, -0.1) is 0 Å². The molecule has 0 saturated heterocycles. The van der Waals surface area contributed by atoms with Gasteiger partial charge in [0.25, 0.3) is 5.76 Å². The molecule has 0 fully saturated rings. The van der Waals surface area contributed by atoms with Gasteiger partial charge >= 0.3 is 12.1 Å². The van der Waals surface area contributed by atoms with Gasteiger partial charge < -0.3 is 13.9 Å². The van der Waals surface area contributed by atoms with Crippen molar-refractivity contribution in [2.45, 2.75) is 19.5 Å². The number of carbonyl (C=O) groups excluding carboxylic acids is 1. The predicted molar refractivity (Wildman–Crippen MR) is 97.6 cm³/mol. The molecule has 1 heterocycles. The number of carbonyl (C=O) groups is 1. The summed E-state index contributed by atoms with van der Waals surface area (Å²) in [6.45, 7) is 1.57. The van der Waals surface area contributed by atoms with Crippen molar-refractivity contribution < 1.29 is 31.9 Å². The Bertz CT molecular complexity index is 1100. The molecule has 0 aliphatic heterocycles. The number of esters is 1. The average Bonchev–Trinajstić information content (AvgIpc) is 2.64. The van der Waals surface area contributed by atoms with Crippen LogP contribution < -0.4 is 14.9 Å². The first-order valence-electron chi connectivity index (χ1n) is 8.01. The van der Waals surface area contributed by atoms with Gasteiger partial charge in [0.1, 0.15) is 17.1 Å². The standard InChI is InChI=1S/C19H12BrF3O5/c1-2-15(24)26-10-7-8-11-14(9-10)28-18(19(21,22)23)17(16(11)25)27-13-6-4-3-5-12(13)20/h3-9H,2H2,1H3. The summed E-state index contributed by atoms with van der Waals surface area (Å²) >= 11 is 3.15. The van der Waals surface area contributed by atoms with Gasteiger partial charge in [-0.1, -0.05) is 19.1 Å². The summed E-state index contributed by atoms with van der Waals surface area (Å²) < 4.78 is 56.1. The lowest BCUT2D eigenvalue weighted by atomic mass is 10.2. The Labute approximate surface area is 164 Å². The molecule has 9 heteroatoms. The maximum absolute atomic E-state index is 13.5. The van der Waals surface area contributed by atoms with E-state index in [9.17, 15) is 22.8 Å². The molecule has 0 aliphatic carbocycles. The van der Waals surface area contributed by atoms with E-state index >= 15 is 0 Å². The van der Waals surface area contributed by atoms with Gasteiger partial charge in [-0.2, -0.15) is 13.2 Å². The summed E-state index contributed by atoms with van der Waals surface area (Å²) in [7, 11) is 0. The van der Waals surface area contributed by atoms with Crippen LogP contribution in [0.2, 0.25) is 0 Å². The van der Waals surface area contributed by atoms with Crippen LogP contribution in [0.1, 0.15) is 19.1 Å². The van der Waals surface area contributed by atoms with Crippen molar-refractivity contribution in [3.8, 4) is 17.2 Å². The molecule has 0 spiro atoms. The van der Waals surface area contributed by atoms with Gasteiger partial charge in [0.05, 0.1) is 9.86 Å². The fourth-order valence-electron chi connectivity index (χ4n) is 2.34. The molecule has 0 saturated carbocycles. The smallest absolute Gasteiger partial charge is 0.448 e. The van der Waals surface area contributed by atoms with E-state index in [2.05, 4.69) is 15.9 Å². The molecule has 28 heavy (non-hydrogen) atoms. The van der Waals surface area contributed by atoms with Gasteiger partial charge in [-0.05, 0) is 40.2 Å². The summed E-state index contributed by atoms with van der Waals surface area (Å²) in [5.74, 6) is -3.15. The monoisotopic (exact) mass is 456 g/mol. The first kappa shape index (κ1) is 19.9. The first-order valence-corrected chi connectivity index (χ1v) is 8.81. The van der Waals surface area contributed by atoms with Gasteiger partial charge in [0.2, 0.25) is 11.2 Å². The average molecular weight is 457 g/mol. The molecule has 0 radical (unpaired) electrons. The van der Waals surface area contributed by atoms with Crippen molar-refractivity contribution in [3.63, 3.8) is 0 Å². The molecule has 5 nitrogen and oxygen atoms in total. The van der Waals surface area contributed by atoms with Crippen LogP contribution in [0.5, 0.6) is 17.2 Å². The van der Waals surface area contributed by atoms with E-state index in [1.807, 2.05) is 0 Å². The number of halogens is 4. The summed E-state index contributed by atoms with van der Waals surface area (Å²) in [6.07, 6.45) is -4.91. The maximum atomic E-state index is 13.5. The van der Waals surface area contributed by atoms with Gasteiger partial charge in [0, 0.05) is 12.5 Å². The highest BCUT2D eigenvalue weighted by Crippen LogP contribution is 2.39. The lowest BCUT2D eigenvalue weighted by Gasteiger charge is -2.14. The second-order valence-electron chi connectivity index (χ2n) is 5.61. The van der Waals surface area contributed by atoms with Crippen molar-refractivity contribution in [2.75, 3.05) is 0 Å². The molecule has 2 aromatic carbocycles. The third-order valence-corrected chi connectivity index (χ3v) is 4.30. The van der Waals surface area contributed by atoms with Crippen LogP contribution in [0, 0.1) is 0 Å². The van der Waals surface area contributed by atoms with E-state index in [0.29, 0.717) is 4.47 Å². The highest BCUT2D eigenvalue weighted by molar-refractivity contribution is 9.10. The highest BCUT2D eigenvalue weighted by atomic mass is 79.9. The predicted octanol–water partition coefficient (Wildman–Crippen LogP) is 5.68. The zero-order valence-electron chi connectivity index (χ0n) is 14.3. The van der Waals surface area contributed by atoms with Crippen LogP contribution in [-0.2, 0) is 11.0 Å². The number of ether oxygens (including phenoxy) is 2. The highest BCUT2D eigenvalue weighted by Gasteiger charge is 2.40. The number of benzene rings is 2. The topological polar surface area (TPSA) is 65.7 Å². The molecule has 1 aromatic heterocycles. The van der Waals surface area contributed by atoms with Gasteiger partial charge in [-0.3, -0.25) is 9.59 Å². The Morgan fingerprint density at radius 3 is 2.54 bits per heavy atom. The Hall–Kier alpha value is -2.81. The SMILES string of the molecule is CCC(=O)Oc1ccc2c(=O)c(Oc3ccccc3Br)c(C(F)(F)F)oc2c1. The quantitative estimate of drug-likeness (QED) is 0.373. The van der Waals surface area contributed by atoms with Gasteiger partial charge in [0.15, 0.2) is 0 Å². The third-order valence-electron chi connectivity index (χ3n) is 3.65. The number of para-hydroxylation sites is 1. The fraction of sp³-hybridized carbons (Fsp3) is 0.158. The fourth-order valence-corrected chi connectivity index (χ4v) is 2.71. The van der Waals surface area contributed by atoms with Crippen LogP contribution >= 0.6 is 15.9 Å². The Balaban J connectivity index is 2.19. The zero-order chi connectivity index (χ0) is 20.5. The van der Waals surface area contributed by atoms with E-state index in [1.54, 1.807) is 25.1 Å². The van der Waals surface area contributed by atoms with Crippen LogP contribution in [-0.4, -0.2) is 5.97 Å². The van der Waals surface area contributed by atoms with Gasteiger partial charge in [-0.25, -0.2) is 0 Å². The van der Waals surface area contributed by atoms with Crippen molar-refractivity contribution in [1.82, 2.24) is 0 Å². The Morgan fingerprint density at radius 1 is 1.18 bits per heavy atom. The molecule has 0 unspecified atom stereocenters. The second kappa shape index (κ2) is 7.67. The van der Waals surface area contributed by atoms with Crippen LogP contribution in [0.25, 0.3) is 11.0 Å². The number of rotatable bonds is 4. The van der Waals surface area contributed by atoms with E-state index in [-0.39, 0.29) is 28.9 Å². The van der Waals surface area contributed by atoms with Crippen LogP contribution in [0.3, 0.4) is 0 Å². The molecule has 0 aliphatic rings. The molecule has 146 valence electrons. The van der Waals surface area contributed by atoms with Crippen LogP contribution in [0.15, 0.2) is 56.1 Å². The van der Waals surface area contributed by atoms with E-state index in [4.69, 9.17) is 13.9 Å². The summed E-state index contributed by atoms with van der Waals surface area (Å²) in [4.78, 5) is 24.1. The lowest BCUT2D eigenvalue weighted by Crippen LogP contribution is -2.15. The van der Waals surface area contributed by atoms with Crippen molar-refractivity contribution >= 4 is 32.9 Å². The number of hydrogen-bond donors (Lipinski definition) is 0. The molecular formula is C19H12BrF3O5. The molecule has 0 bridgehead atoms. The molecule has 0 amide bonds. The largest absolute Gasteiger partial charge is 0.453 e. The normalized spacial score (nSPS) is 11.5. The van der Waals surface area contributed by atoms with E-state index < -0.39 is 29.1 Å². The maximum Gasteiger partial charge on any atom is 0.453 e. The number of hydrogen-bond acceptors (Lipinski definition) is 5. The summed E-state index contributed by atoms with van der Waals surface area (Å²) in [5.41, 5.74) is -1.38. The molecule has 0 atom stereocenters.